The van der Waals surface area contributed by atoms with Gasteiger partial charge in [0.25, 0.3) is 0 Å². The maximum Gasteiger partial charge on any atom is 0.315 e. The zero-order chi connectivity index (χ0) is 15.1. The summed E-state index contributed by atoms with van der Waals surface area (Å²) in [7, 11) is 0. The number of halogens is 1. The number of rotatable bonds is 6. The Morgan fingerprint density at radius 2 is 2.10 bits per heavy atom. The van der Waals surface area contributed by atoms with Crippen LogP contribution in [0.4, 0.5) is 4.79 Å². The Labute approximate surface area is 134 Å². The van der Waals surface area contributed by atoms with Crippen molar-refractivity contribution in [3.63, 3.8) is 0 Å². The number of thioether (sulfide) groups is 1. The lowest BCUT2D eigenvalue weighted by Crippen LogP contribution is -2.41. The van der Waals surface area contributed by atoms with Crippen LogP contribution < -0.4 is 10.6 Å². The average Bonchev–Trinajstić information content (AvgIpc) is 2.93. The van der Waals surface area contributed by atoms with Gasteiger partial charge in [-0.2, -0.15) is 0 Å². The number of carbonyl (C=O) groups excluding carboxylic acids is 1. The van der Waals surface area contributed by atoms with E-state index in [4.69, 9.17) is 16.7 Å². The van der Waals surface area contributed by atoms with Crippen molar-refractivity contribution in [2.24, 2.45) is 5.92 Å². The Bertz CT molecular complexity index is 493. The number of aliphatic hydroxyl groups is 1. The smallest absolute Gasteiger partial charge is 0.315 e. The molecule has 0 unspecified atom stereocenters. The van der Waals surface area contributed by atoms with Crippen molar-refractivity contribution in [1.29, 1.82) is 0 Å². The second-order valence-electron chi connectivity index (χ2n) is 4.87. The Kier molecular flexibility index (Phi) is 6.42. The minimum absolute atomic E-state index is 0.0195. The molecular weight excluding hydrogens is 308 g/mol. The highest BCUT2D eigenvalue weighted by molar-refractivity contribution is 7.99. The summed E-state index contributed by atoms with van der Waals surface area (Å²) in [5.41, 5.74) is 0. The highest BCUT2D eigenvalue weighted by atomic mass is 35.5. The van der Waals surface area contributed by atoms with E-state index in [1.54, 1.807) is 11.8 Å². The highest BCUT2D eigenvalue weighted by Crippen LogP contribution is 2.19. The number of urea groups is 1. The van der Waals surface area contributed by atoms with Crippen molar-refractivity contribution in [2.75, 3.05) is 18.9 Å². The van der Waals surface area contributed by atoms with Crippen LogP contribution >= 0.6 is 23.4 Å². The number of benzene rings is 1. The molecule has 0 saturated carbocycles. The van der Waals surface area contributed by atoms with Gasteiger partial charge < -0.3 is 15.7 Å². The molecule has 1 aliphatic rings. The fourth-order valence-corrected chi connectivity index (χ4v) is 3.00. The first kappa shape index (κ1) is 16.2. The van der Waals surface area contributed by atoms with Crippen LogP contribution in [0.1, 0.15) is 6.42 Å². The molecule has 0 aliphatic heterocycles. The van der Waals surface area contributed by atoms with E-state index in [-0.39, 0.29) is 24.6 Å². The Hall–Kier alpha value is -1.17. The number of amides is 2. The fraction of sp³-hybridized carbons (Fsp3) is 0.400. The van der Waals surface area contributed by atoms with E-state index in [9.17, 15) is 4.79 Å². The average molecular weight is 327 g/mol. The molecule has 2 amide bonds. The molecule has 2 rings (SSSR count). The molecule has 21 heavy (non-hydrogen) atoms. The molecule has 0 spiro atoms. The molecule has 0 heterocycles. The Morgan fingerprint density at radius 1 is 1.33 bits per heavy atom. The van der Waals surface area contributed by atoms with Crippen LogP contribution in [0.15, 0.2) is 41.3 Å². The summed E-state index contributed by atoms with van der Waals surface area (Å²) >= 11 is 7.49. The number of hydrogen-bond acceptors (Lipinski definition) is 3. The van der Waals surface area contributed by atoms with Crippen LogP contribution in [0.3, 0.4) is 0 Å². The van der Waals surface area contributed by atoms with Gasteiger partial charge in [-0.05, 0) is 30.7 Å². The first-order chi connectivity index (χ1) is 10.2. The van der Waals surface area contributed by atoms with Crippen LogP contribution in [0.2, 0.25) is 5.02 Å². The molecular formula is C15H19ClN2O2S. The maximum absolute atomic E-state index is 11.7. The van der Waals surface area contributed by atoms with E-state index >= 15 is 0 Å². The third kappa shape index (κ3) is 5.61. The van der Waals surface area contributed by atoms with Crippen molar-refractivity contribution >= 4 is 29.4 Å². The van der Waals surface area contributed by atoms with Gasteiger partial charge in [-0.15, -0.1) is 11.8 Å². The second-order valence-corrected chi connectivity index (χ2v) is 6.48. The number of carbonyl (C=O) groups is 1. The Morgan fingerprint density at radius 3 is 2.76 bits per heavy atom. The van der Waals surface area contributed by atoms with Gasteiger partial charge in [-0.25, -0.2) is 4.79 Å². The molecule has 0 bridgehead atoms. The van der Waals surface area contributed by atoms with Gasteiger partial charge in [0, 0.05) is 40.8 Å². The summed E-state index contributed by atoms with van der Waals surface area (Å²) in [6.07, 6.45) is 4.65. The molecule has 4 nitrogen and oxygen atoms in total. The van der Waals surface area contributed by atoms with Crippen molar-refractivity contribution in [1.82, 2.24) is 10.6 Å². The lowest BCUT2D eigenvalue weighted by molar-refractivity contribution is 0.232. The van der Waals surface area contributed by atoms with E-state index < -0.39 is 0 Å². The van der Waals surface area contributed by atoms with Crippen molar-refractivity contribution in [2.45, 2.75) is 17.4 Å². The maximum atomic E-state index is 11.7. The zero-order valence-electron chi connectivity index (χ0n) is 11.6. The molecule has 3 N–H and O–H groups in total. The van der Waals surface area contributed by atoms with Crippen molar-refractivity contribution < 1.29 is 9.90 Å². The van der Waals surface area contributed by atoms with Gasteiger partial charge in [0.15, 0.2) is 0 Å². The molecule has 0 fully saturated rings. The summed E-state index contributed by atoms with van der Waals surface area (Å²) in [6, 6.07) is 7.49. The third-order valence-electron chi connectivity index (χ3n) is 3.19. The van der Waals surface area contributed by atoms with Gasteiger partial charge in [-0.1, -0.05) is 23.8 Å². The monoisotopic (exact) mass is 326 g/mol. The lowest BCUT2D eigenvalue weighted by atomic mass is 10.1. The zero-order valence-corrected chi connectivity index (χ0v) is 13.2. The lowest BCUT2D eigenvalue weighted by Gasteiger charge is -2.13. The van der Waals surface area contributed by atoms with E-state index in [1.165, 1.54) is 0 Å². The highest BCUT2D eigenvalue weighted by Gasteiger charge is 2.19. The van der Waals surface area contributed by atoms with Crippen molar-refractivity contribution in [3.05, 3.63) is 41.4 Å². The summed E-state index contributed by atoms with van der Waals surface area (Å²) < 4.78 is 0. The number of nitrogens with one attached hydrogen (secondary N) is 2. The topological polar surface area (TPSA) is 61.4 Å². The predicted molar refractivity (Wildman–Crippen MR) is 86.8 cm³/mol. The van der Waals surface area contributed by atoms with Gasteiger partial charge in [-0.3, -0.25) is 0 Å². The molecule has 1 aromatic rings. The van der Waals surface area contributed by atoms with E-state index in [1.807, 2.05) is 36.4 Å². The number of aliphatic hydroxyl groups excluding tert-OH is 1. The fourth-order valence-electron chi connectivity index (χ4n) is 2.10. The van der Waals surface area contributed by atoms with E-state index in [0.717, 1.165) is 22.1 Å². The van der Waals surface area contributed by atoms with Crippen LogP contribution in [0, 0.1) is 5.92 Å². The molecule has 0 saturated heterocycles. The Balaban J connectivity index is 1.59. The van der Waals surface area contributed by atoms with Crippen LogP contribution in [-0.4, -0.2) is 36.1 Å². The third-order valence-corrected chi connectivity index (χ3v) is 4.46. The minimum atomic E-state index is -0.167. The first-order valence-corrected chi connectivity index (χ1v) is 8.25. The van der Waals surface area contributed by atoms with Crippen molar-refractivity contribution in [3.8, 4) is 0 Å². The molecule has 1 aromatic carbocycles. The first-order valence-electron chi connectivity index (χ1n) is 6.89. The van der Waals surface area contributed by atoms with Gasteiger partial charge in [0.1, 0.15) is 0 Å². The minimum Gasteiger partial charge on any atom is -0.396 e. The normalized spacial score (nSPS) is 20.5. The summed E-state index contributed by atoms with van der Waals surface area (Å²) in [5.74, 6) is 0.963. The molecule has 0 aromatic heterocycles. The molecule has 1 aliphatic carbocycles. The molecule has 0 radical (unpaired) electrons. The summed E-state index contributed by atoms with van der Waals surface area (Å²) in [5, 5.41) is 15.5. The summed E-state index contributed by atoms with van der Waals surface area (Å²) in [6.45, 7) is 0.729. The molecule has 114 valence electrons. The van der Waals surface area contributed by atoms with Crippen LogP contribution in [0.25, 0.3) is 0 Å². The standard InChI is InChI=1S/C15H19ClN2O2S/c16-12-2-5-14(6-3-12)21-8-7-17-15(20)18-13-4-1-11(9-13)10-19/h1-6,11,13,19H,7-10H2,(H2,17,18,20)/t11-,13+/m0/s1. The predicted octanol–water partition coefficient (Wildman–Crippen LogP) is 2.67. The SMILES string of the molecule is O=C(NCCSc1ccc(Cl)cc1)N[C@@H]1C=C[C@H](CO)C1. The largest absolute Gasteiger partial charge is 0.396 e. The summed E-state index contributed by atoms with van der Waals surface area (Å²) in [4.78, 5) is 12.8. The van der Waals surface area contributed by atoms with E-state index in [0.29, 0.717) is 6.54 Å². The van der Waals surface area contributed by atoms with Crippen LogP contribution in [-0.2, 0) is 0 Å². The second kappa shape index (κ2) is 8.32. The number of hydrogen-bond donors (Lipinski definition) is 3. The van der Waals surface area contributed by atoms with Gasteiger partial charge in [0.05, 0.1) is 0 Å². The molecule has 2 atom stereocenters. The van der Waals surface area contributed by atoms with E-state index in [2.05, 4.69) is 10.6 Å². The van der Waals surface area contributed by atoms with Crippen LogP contribution in [0.5, 0.6) is 0 Å². The van der Waals surface area contributed by atoms with Gasteiger partial charge >= 0.3 is 6.03 Å². The van der Waals surface area contributed by atoms with Gasteiger partial charge in [0.2, 0.25) is 0 Å². The quantitative estimate of drug-likeness (QED) is 0.428. The molecule has 6 heteroatoms.